The summed E-state index contributed by atoms with van der Waals surface area (Å²) in [6.07, 6.45) is 3.93. The third kappa shape index (κ3) is 33.1. The molecular weight excluding hydrogens is 889 g/mol. The number of carbonyl (C=O) groups is 8. The van der Waals surface area contributed by atoms with Crippen molar-refractivity contribution in [3.05, 3.63) is 0 Å². The van der Waals surface area contributed by atoms with Crippen LogP contribution in [0.5, 0.6) is 0 Å². The molecule has 0 aliphatic heterocycles. The number of guanidine groups is 2. The Morgan fingerprint density at radius 2 is 0.818 bits per heavy atom. The third-order valence-corrected chi connectivity index (χ3v) is 8.93. The minimum atomic E-state index is -4.67. The van der Waals surface area contributed by atoms with Crippen molar-refractivity contribution in [1.82, 2.24) is 20.4 Å². The van der Waals surface area contributed by atoms with Gasteiger partial charge in [-0.25, -0.2) is 0 Å². The maximum Gasteiger partial charge on any atom is 0.394 e. The number of aldehydes is 2. The molecule has 0 saturated heterocycles. The summed E-state index contributed by atoms with van der Waals surface area (Å²) in [6, 6.07) is -5.47. The van der Waals surface area contributed by atoms with E-state index in [1.807, 2.05) is 55.4 Å². The summed E-state index contributed by atoms with van der Waals surface area (Å²) in [5, 5.41) is 5.29. The minimum absolute atomic E-state index is 0. The van der Waals surface area contributed by atoms with E-state index in [1.54, 1.807) is 0 Å². The van der Waals surface area contributed by atoms with Gasteiger partial charge in [-0.1, -0.05) is 55.4 Å². The Morgan fingerprint density at radius 3 is 1.00 bits per heavy atom. The van der Waals surface area contributed by atoms with Gasteiger partial charge >= 0.3 is 10.4 Å². The quantitative estimate of drug-likeness (QED) is 0.0137. The number of amides is 6. The molecule has 0 saturated carbocycles. The third-order valence-electron chi connectivity index (χ3n) is 8.93. The van der Waals surface area contributed by atoms with Crippen LogP contribution in [0.25, 0.3) is 0 Å². The highest BCUT2D eigenvalue weighted by atomic mass is 32.3. The first kappa shape index (κ1) is 67.1. The Morgan fingerprint density at radius 1 is 0.561 bits per heavy atom. The second kappa shape index (κ2) is 34.8. The maximum atomic E-state index is 13.5. The molecule has 384 valence electrons. The van der Waals surface area contributed by atoms with Crippen LogP contribution in [-0.4, -0.2) is 142 Å². The standard InChI is InChI=1S/2C20H38N6O4.H2O4S.H2O/c2*1-12(2)9-16(25-14(5)28)19(30)26(17(18(21)29)10-13(3)4)15(11-27)7-6-8-24-20(22)23;1-5(2,3)4;/h2*11-13,15-17H,6-10H2,1-5H3,(H2,21,29)(H,25,28)(H4,22,23,24);(H2,1,2,3,4);1H2/t2*15-,16-,17-;;/m00../s1. The van der Waals surface area contributed by atoms with Crippen molar-refractivity contribution in [3.63, 3.8) is 0 Å². The van der Waals surface area contributed by atoms with E-state index >= 15 is 0 Å². The Hall–Kier alpha value is -5.47. The van der Waals surface area contributed by atoms with Gasteiger partial charge < -0.3 is 69.9 Å². The molecule has 6 amide bonds. The highest BCUT2D eigenvalue weighted by Crippen LogP contribution is 2.22. The fourth-order valence-corrected chi connectivity index (χ4v) is 6.52. The van der Waals surface area contributed by atoms with Crippen molar-refractivity contribution >= 4 is 70.3 Å². The van der Waals surface area contributed by atoms with Crippen LogP contribution in [-0.2, 0) is 48.8 Å². The van der Waals surface area contributed by atoms with Gasteiger partial charge in [0.25, 0.3) is 0 Å². The molecule has 0 fully saturated rings. The van der Waals surface area contributed by atoms with Gasteiger partial charge in [-0.2, -0.15) is 8.42 Å². The van der Waals surface area contributed by atoms with Crippen LogP contribution >= 0.6 is 0 Å². The number of nitrogens with zero attached hydrogens (tertiary/aromatic N) is 4. The lowest BCUT2D eigenvalue weighted by molar-refractivity contribution is -0.147. The number of aliphatic imine (C=N–C) groups is 2. The van der Waals surface area contributed by atoms with Gasteiger partial charge in [0, 0.05) is 26.9 Å². The highest BCUT2D eigenvalue weighted by molar-refractivity contribution is 7.79. The summed E-state index contributed by atoms with van der Waals surface area (Å²) in [5.74, 6) is -2.96. The maximum absolute atomic E-state index is 13.5. The Balaban J connectivity index is -0.000000520. The number of nitrogens with one attached hydrogen (secondary N) is 2. The van der Waals surface area contributed by atoms with Gasteiger partial charge in [-0.3, -0.25) is 47.9 Å². The Labute approximate surface area is 389 Å². The molecule has 66 heavy (non-hydrogen) atoms. The van der Waals surface area contributed by atoms with Crippen LogP contribution in [0.15, 0.2) is 9.98 Å². The molecular formula is C40H80N12O13S. The van der Waals surface area contributed by atoms with Crippen LogP contribution in [0.3, 0.4) is 0 Å². The van der Waals surface area contributed by atoms with Crippen molar-refractivity contribution in [2.24, 2.45) is 68.1 Å². The summed E-state index contributed by atoms with van der Waals surface area (Å²) in [5.41, 5.74) is 32.5. The molecule has 0 aliphatic rings. The summed E-state index contributed by atoms with van der Waals surface area (Å²) in [4.78, 5) is 109. The lowest BCUT2D eigenvalue weighted by atomic mass is 9.95. The molecule has 0 aromatic carbocycles. The van der Waals surface area contributed by atoms with Gasteiger partial charge in [-0.15, -0.1) is 0 Å². The van der Waals surface area contributed by atoms with E-state index in [0.717, 1.165) is 0 Å². The monoisotopic (exact) mass is 969 g/mol. The SMILES string of the molecule is CC(=O)N[C@@H](CC(C)C)C(=O)N([C@H](C=O)CCCN=C(N)N)[C@@H](CC(C)C)C(N)=O.CC(=O)N[C@@H](CC(C)C)C(=O)N([C@H](C=O)CCCN=C(N)N)[C@@H](CC(C)C)C(N)=O.O.O=S(=O)(O)O. The van der Waals surface area contributed by atoms with Crippen molar-refractivity contribution < 1.29 is 61.4 Å². The summed E-state index contributed by atoms with van der Waals surface area (Å²) >= 11 is 0. The minimum Gasteiger partial charge on any atom is -0.412 e. The molecule has 0 bridgehead atoms. The number of carbonyl (C=O) groups excluding carboxylic acids is 8. The Kier molecular flexibility index (Phi) is 35.4. The number of rotatable bonds is 28. The molecule has 18 N–H and O–H groups in total. The summed E-state index contributed by atoms with van der Waals surface area (Å²) in [6.45, 7) is 18.4. The molecule has 26 heteroatoms. The largest absolute Gasteiger partial charge is 0.412 e. The lowest BCUT2D eigenvalue weighted by Crippen LogP contribution is -2.59. The molecule has 0 aromatic heterocycles. The number of hydrogen-bond acceptors (Lipinski definition) is 12. The topological polar surface area (TPSA) is 454 Å². The van der Waals surface area contributed by atoms with Crippen LogP contribution in [0, 0.1) is 23.7 Å². The van der Waals surface area contributed by atoms with E-state index in [-0.39, 0.29) is 78.8 Å². The zero-order chi connectivity index (χ0) is 51.4. The van der Waals surface area contributed by atoms with Crippen molar-refractivity contribution in [2.45, 2.75) is 157 Å². The fourth-order valence-electron chi connectivity index (χ4n) is 6.52. The molecule has 0 heterocycles. The Bertz CT molecular complexity index is 1570. The van der Waals surface area contributed by atoms with Crippen LogP contribution in [0.1, 0.15) is 121 Å². The average molecular weight is 969 g/mol. The van der Waals surface area contributed by atoms with Gasteiger partial charge in [-0.05, 0) is 75.0 Å². The predicted octanol–water partition coefficient (Wildman–Crippen LogP) is -1.70. The smallest absolute Gasteiger partial charge is 0.394 e. The number of hydrogen-bond donors (Lipinski definition) is 10. The van der Waals surface area contributed by atoms with Crippen LogP contribution in [0.2, 0.25) is 0 Å². The lowest BCUT2D eigenvalue weighted by Gasteiger charge is -2.37. The van der Waals surface area contributed by atoms with Crippen molar-refractivity contribution in [2.75, 3.05) is 13.1 Å². The molecule has 6 atom stereocenters. The first-order valence-electron chi connectivity index (χ1n) is 21.3. The number of nitrogens with two attached hydrogens (primary N) is 6. The van der Waals surface area contributed by atoms with Crippen LogP contribution in [0.4, 0.5) is 0 Å². The van der Waals surface area contributed by atoms with Gasteiger partial charge in [0.2, 0.25) is 35.4 Å². The van der Waals surface area contributed by atoms with E-state index in [2.05, 4.69) is 20.6 Å². The molecule has 0 rings (SSSR count). The highest BCUT2D eigenvalue weighted by Gasteiger charge is 2.39. The first-order chi connectivity index (χ1) is 29.8. The van der Waals surface area contributed by atoms with Crippen LogP contribution < -0.4 is 45.0 Å². The zero-order valence-electron chi connectivity index (χ0n) is 40.1. The van der Waals surface area contributed by atoms with Gasteiger partial charge in [0.1, 0.15) is 36.7 Å². The van der Waals surface area contributed by atoms with E-state index < -0.39 is 70.3 Å². The van der Waals surface area contributed by atoms with E-state index in [4.69, 9.17) is 51.9 Å². The summed E-state index contributed by atoms with van der Waals surface area (Å²) in [7, 11) is -4.67. The van der Waals surface area contributed by atoms with Crippen molar-refractivity contribution in [3.8, 4) is 0 Å². The van der Waals surface area contributed by atoms with E-state index in [1.165, 1.54) is 23.6 Å². The summed E-state index contributed by atoms with van der Waals surface area (Å²) < 4.78 is 31.6. The normalized spacial score (nSPS) is 13.6. The van der Waals surface area contributed by atoms with Gasteiger partial charge in [0.15, 0.2) is 11.9 Å². The number of primary amides is 2. The molecule has 25 nitrogen and oxygen atoms in total. The van der Waals surface area contributed by atoms with E-state index in [0.29, 0.717) is 51.1 Å². The molecule has 0 aromatic rings. The molecule has 0 aliphatic carbocycles. The first-order valence-corrected chi connectivity index (χ1v) is 22.7. The predicted molar refractivity (Wildman–Crippen MR) is 250 cm³/mol. The van der Waals surface area contributed by atoms with Gasteiger partial charge in [0.05, 0.1) is 12.1 Å². The second-order valence-electron chi connectivity index (χ2n) is 17.1. The molecule has 0 unspecified atom stereocenters. The second-order valence-corrected chi connectivity index (χ2v) is 18.0. The van der Waals surface area contributed by atoms with Crippen molar-refractivity contribution in [1.29, 1.82) is 0 Å². The van der Waals surface area contributed by atoms with E-state index in [9.17, 15) is 38.4 Å². The molecule has 0 radical (unpaired) electrons. The molecule has 0 spiro atoms. The zero-order valence-corrected chi connectivity index (χ0v) is 41.0. The average Bonchev–Trinajstić information content (AvgIpc) is 3.13. The fraction of sp³-hybridized carbons (Fsp3) is 0.750.